The minimum absolute atomic E-state index is 0.109. The van der Waals surface area contributed by atoms with Gasteiger partial charge < -0.3 is 21.5 Å². The first-order valence-corrected chi connectivity index (χ1v) is 5.83. The molecule has 7 heteroatoms. The summed E-state index contributed by atoms with van der Waals surface area (Å²) in [4.78, 5) is 33.6. The van der Waals surface area contributed by atoms with Crippen LogP contribution >= 0.6 is 0 Å². The number of carboxylic acid groups (broad SMARTS) is 1. The summed E-state index contributed by atoms with van der Waals surface area (Å²) in [6, 6.07) is -1.11. The molecule has 0 aromatic carbocycles. The Morgan fingerprint density at radius 3 is 2.33 bits per heavy atom. The minimum Gasteiger partial charge on any atom is -0.481 e. The maximum atomic E-state index is 11.7. The molecule has 0 saturated heterocycles. The summed E-state index contributed by atoms with van der Waals surface area (Å²) < 4.78 is 0. The van der Waals surface area contributed by atoms with Crippen LogP contribution in [0.2, 0.25) is 0 Å². The number of aliphatic carboxylic acids is 1. The third-order valence-electron chi connectivity index (χ3n) is 2.99. The van der Waals surface area contributed by atoms with Crippen molar-refractivity contribution in [2.45, 2.75) is 45.3 Å². The van der Waals surface area contributed by atoms with Crippen LogP contribution in [-0.2, 0) is 14.4 Å². The van der Waals surface area contributed by atoms with E-state index in [4.69, 9.17) is 10.8 Å². The average Bonchev–Trinajstić information content (AvgIpc) is 2.96. The molecular formula is C11H19N3O4. The van der Waals surface area contributed by atoms with Crippen molar-refractivity contribution in [3.63, 3.8) is 0 Å². The van der Waals surface area contributed by atoms with Gasteiger partial charge in [-0.05, 0) is 19.8 Å². The fraction of sp³-hybridized carbons (Fsp3) is 0.727. The van der Waals surface area contributed by atoms with Crippen molar-refractivity contribution in [2.75, 3.05) is 0 Å². The fourth-order valence-electron chi connectivity index (χ4n) is 1.42. The second-order valence-electron chi connectivity index (χ2n) is 4.97. The van der Waals surface area contributed by atoms with Crippen LogP contribution < -0.4 is 16.4 Å². The minimum atomic E-state index is -1.14. The molecule has 2 atom stereocenters. The zero-order valence-corrected chi connectivity index (χ0v) is 10.5. The molecule has 0 unspecified atom stereocenters. The standard InChI is InChI=1S/C11H19N3O4/c1-6(14-10(18)11(2)3-4-11)13-9(17)7(12)5-8(15)16/h6-7H,3-5,12H2,1-2H3,(H,13,17)(H,14,18)(H,15,16)/t6-,7-/m0/s1. The molecule has 0 aromatic rings. The van der Waals surface area contributed by atoms with Crippen LogP contribution in [0.25, 0.3) is 0 Å². The Labute approximate surface area is 105 Å². The first kappa shape index (κ1) is 14.4. The lowest BCUT2D eigenvalue weighted by Gasteiger charge is -2.19. The number of carbonyl (C=O) groups is 3. The number of hydrogen-bond acceptors (Lipinski definition) is 4. The predicted octanol–water partition coefficient (Wildman–Crippen LogP) is -0.833. The Balaban J connectivity index is 2.35. The number of hydrogen-bond donors (Lipinski definition) is 4. The Kier molecular flexibility index (Phi) is 4.28. The van der Waals surface area contributed by atoms with Crippen molar-refractivity contribution in [1.29, 1.82) is 0 Å². The van der Waals surface area contributed by atoms with Crippen molar-refractivity contribution in [2.24, 2.45) is 11.1 Å². The highest BCUT2D eigenvalue weighted by Crippen LogP contribution is 2.44. The van der Waals surface area contributed by atoms with E-state index in [-0.39, 0.29) is 11.3 Å². The summed E-state index contributed by atoms with van der Waals surface area (Å²) in [7, 11) is 0. The quantitative estimate of drug-likeness (QED) is 0.462. The molecule has 0 aliphatic heterocycles. The molecule has 5 N–H and O–H groups in total. The van der Waals surface area contributed by atoms with Crippen molar-refractivity contribution in [3.05, 3.63) is 0 Å². The molecule has 1 saturated carbocycles. The molecule has 0 spiro atoms. The van der Waals surface area contributed by atoms with E-state index in [9.17, 15) is 14.4 Å². The van der Waals surface area contributed by atoms with Gasteiger partial charge in [0.15, 0.2) is 0 Å². The molecule has 2 amide bonds. The number of rotatable bonds is 6. The number of amides is 2. The smallest absolute Gasteiger partial charge is 0.305 e. The molecule has 0 aromatic heterocycles. The number of carbonyl (C=O) groups excluding carboxylic acids is 2. The number of carboxylic acids is 1. The molecule has 0 heterocycles. The first-order chi connectivity index (χ1) is 8.24. The molecule has 1 rings (SSSR count). The molecule has 1 aliphatic carbocycles. The van der Waals surface area contributed by atoms with Gasteiger partial charge in [0.1, 0.15) is 0 Å². The summed E-state index contributed by atoms with van der Waals surface area (Å²) in [5, 5.41) is 13.6. The molecule has 1 fully saturated rings. The second kappa shape index (κ2) is 5.34. The van der Waals surface area contributed by atoms with Gasteiger partial charge in [0.05, 0.1) is 18.6 Å². The van der Waals surface area contributed by atoms with Crippen molar-refractivity contribution in [1.82, 2.24) is 10.6 Å². The van der Waals surface area contributed by atoms with E-state index in [1.807, 2.05) is 6.92 Å². The summed E-state index contributed by atoms with van der Waals surface area (Å²) in [6.45, 7) is 3.46. The fourth-order valence-corrected chi connectivity index (χ4v) is 1.42. The van der Waals surface area contributed by atoms with Gasteiger partial charge in [-0.2, -0.15) is 0 Å². The highest BCUT2D eigenvalue weighted by Gasteiger charge is 2.45. The van der Waals surface area contributed by atoms with E-state index in [0.29, 0.717) is 0 Å². The van der Waals surface area contributed by atoms with Gasteiger partial charge in [0.2, 0.25) is 11.8 Å². The van der Waals surface area contributed by atoms with Crippen LogP contribution in [0.4, 0.5) is 0 Å². The summed E-state index contributed by atoms with van der Waals surface area (Å²) in [6.07, 6.45) is 0.683. The van der Waals surface area contributed by atoms with Crippen LogP contribution in [0.3, 0.4) is 0 Å². The van der Waals surface area contributed by atoms with Crippen LogP contribution in [-0.4, -0.2) is 35.1 Å². The lowest BCUT2D eigenvalue weighted by atomic mass is 10.1. The van der Waals surface area contributed by atoms with Crippen molar-refractivity contribution in [3.8, 4) is 0 Å². The van der Waals surface area contributed by atoms with Gasteiger partial charge in [0.25, 0.3) is 0 Å². The maximum Gasteiger partial charge on any atom is 0.305 e. The van der Waals surface area contributed by atoms with Gasteiger partial charge in [-0.15, -0.1) is 0 Å². The number of nitrogens with two attached hydrogens (primary N) is 1. The zero-order valence-electron chi connectivity index (χ0n) is 10.5. The second-order valence-corrected chi connectivity index (χ2v) is 4.97. The van der Waals surface area contributed by atoms with E-state index >= 15 is 0 Å². The first-order valence-electron chi connectivity index (χ1n) is 5.83. The van der Waals surface area contributed by atoms with Crippen LogP contribution in [0.1, 0.15) is 33.1 Å². The normalized spacial score (nSPS) is 19.5. The molecule has 0 bridgehead atoms. The monoisotopic (exact) mass is 257 g/mol. The molecule has 1 aliphatic rings. The highest BCUT2D eigenvalue weighted by atomic mass is 16.4. The Bertz CT molecular complexity index is 365. The molecule has 102 valence electrons. The Morgan fingerprint density at radius 2 is 1.89 bits per heavy atom. The number of nitrogens with one attached hydrogen (secondary N) is 2. The highest BCUT2D eigenvalue weighted by molar-refractivity contribution is 5.88. The van der Waals surface area contributed by atoms with E-state index < -0.39 is 30.5 Å². The largest absolute Gasteiger partial charge is 0.481 e. The van der Waals surface area contributed by atoms with Gasteiger partial charge in [-0.1, -0.05) is 6.92 Å². The maximum absolute atomic E-state index is 11.7. The lowest BCUT2D eigenvalue weighted by molar-refractivity contribution is -0.139. The van der Waals surface area contributed by atoms with Crippen molar-refractivity contribution >= 4 is 17.8 Å². The third-order valence-corrected chi connectivity index (χ3v) is 2.99. The van der Waals surface area contributed by atoms with Gasteiger partial charge in [-0.3, -0.25) is 14.4 Å². The Morgan fingerprint density at radius 1 is 1.33 bits per heavy atom. The van der Waals surface area contributed by atoms with E-state index in [2.05, 4.69) is 10.6 Å². The van der Waals surface area contributed by atoms with Gasteiger partial charge in [0, 0.05) is 5.41 Å². The van der Waals surface area contributed by atoms with E-state index in [0.717, 1.165) is 12.8 Å². The summed E-state index contributed by atoms with van der Waals surface area (Å²) in [5.74, 6) is -1.84. The zero-order chi connectivity index (χ0) is 13.9. The van der Waals surface area contributed by atoms with Gasteiger partial charge in [-0.25, -0.2) is 0 Å². The Hall–Kier alpha value is -1.63. The third kappa shape index (κ3) is 3.99. The van der Waals surface area contributed by atoms with E-state index in [1.165, 1.54) is 0 Å². The van der Waals surface area contributed by atoms with Crippen molar-refractivity contribution < 1.29 is 19.5 Å². The van der Waals surface area contributed by atoms with Crippen LogP contribution in [0.5, 0.6) is 0 Å². The summed E-state index contributed by atoms with van der Waals surface area (Å²) in [5.41, 5.74) is 5.07. The predicted molar refractivity (Wildman–Crippen MR) is 63.3 cm³/mol. The molecule has 0 radical (unpaired) electrons. The van der Waals surface area contributed by atoms with Crippen LogP contribution in [0, 0.1) is 5.41 Å². The topological polar surface area (TPSA) is 122 Å². The molecular weight excluding hydrogens is 238 g/mol. The molecule has 7 nitrogen and oxygen atoms in total. The SMILES string of the molecule is C[C@@H](NC(=O)[C@@H](N)CC(=O)O)NC(=O)C1(C)CC1. The average molecular weight is 257 g/mol. The lowest BCUT2D eigenvalue weighted by Crippen LogP contribution is -2.52. The molecule has 18 heavy (non-hydrogen) atoms. The van der Waals surface area contributed by atoms with E-state index in [1.54, 1.807) is 6.92 Å². The summed E-state index contributed by atoms with van der Waals surface area (Å²) >= 11 is 0. The van der Waals surface area contributed by atoms with Gasteiger partial charge >= 0.3 is 5.97 Å². The van der Waals surface area contributed by atoms with Crippen LogP contribution in [0.15, 0.2) is 0 Å².